The van der Waals surface area contributed by atoms with E-state index >= 15 is 0 Å². The zero-order chi connectivity index (χ0) is 22.7. The topological polar surface area (TPSA) is 48.3 Å². The van der Waals surface area contributed by atoms with Crippen molar-refractivity contribution in [1.29, 1.82) is 0 Å². The Bertz CT molecular complexity index is 934. The lowest BCUT2D eigenvalue weighted by Gasteiger charge is -2.32. The number of phenolic OH excluding ortho intramolecular Hbond substituents is 1. The molecule has 0 amide bonds. The Balaban J connectivity index is 1.35. The van der Waals surface area contributed by atoms with Crippen LogP contribution in [-0.4, -0.2) is 53.4 Å². The molecule has 2 aromatic rings. The number of benzene rings is 2. The second kappa shape index (κ2) is 9.58. The number of halogens is 4. The molecule has 2 heterocycles. The van der Waals surface area contributed by atoms with Gasteiger partial charge in [-0.25, -0.2) is 4.99 Å². The predicted octanol–water partition coefficient (Wildman–Crippen LogP) is 4.99. The molecular weight excluding hydrogens is 443 g/mol. The van der Waals surface area contributed by atoms with Gasteiger partial charge in [-0.05, 0) is 61.7 Å². The SMILES string of the molecule is Oc1cccc(CN2CCC(COC3=NC(C(F)(F)F)C(Cl)N3c3ccccc3)CC2)c1. The van der Waals surface area contributed by atoms with E-state index in [-0.39, 0.29) is 24.3 Å². The van der Waals surface area contributed by atoms with Crippen molar-refractivity contribution >= 4 is 23.3 Å². The summed E-state index contributed by atoms with van der Waals surface area (Å²) >= 11 is 6.17. The van der Waals surface area contributed by atoms with Gasteiger partial charge in [0.25, 0.3) is 6.02 Å². The van der Waals surface area contributed by atoms with Crippen LogP contribution in [0, 0.1) is 5.92 Å². The first-order chi connectivity index (χ1) is 15.3. The summed E-state index contributed by atoms with van der Waals surface area (Å²) in [6.07, 6.45) is -2.82. The van der Waals surface area contributed by atoms with Crippen molar-refractivity contribution in [1.82, 2.24) is 4.90 Å². The molecule has 2 aliphatic rings. The van der Waals surface area contributed by atoms with Crippen molar-refractivity contribution in [3.63, 3.8) is 0 Å². The van der Waals surface area contributed by atoms with Gasteiger partial charge >= 0.3 is 6.18 Å². The summed E-state index contributed by atoms with van der Waals surface area (Å²) in [7, 11) is 0. The molecule has 0 radical (unpaired) electrons. The lowest BCUT2D eigenvalue weighted by Crippen LogP contribution is -2.42. The molecule has 1 N–H and O–H groups in total. The number of aliphatic imine (C=N–C) groups is 1. The summed E-state index contributed by atoms with van der Waals surface area (Å²) in [6.45, 7) is 2.73. The van der Waals surface area contributed by atoms with Gasteiger partial charge < -0.3 is 9.84 Å². The first-order valence-corrected chi connectivity index (χ1v) is 11.0. The van der Waals surface area contributed by atoms with Gasteiger partial charge in [0.05, 0.1) is 6.61 Å². The highest BCUT2D eigenvalue weighted by atomic mass is 35.5. The van der Waals surface area contributed by atoms with Gasteiger partial charge in [-0.15, -0.1) is 0 Å². The third-order valence-electron chi connectivity index (χ3n) is 5.80. The van der Waals surface area contributed by atoms with Gasteiger partial charge in [-0.2, -0.15) is 13.2 Å². The molecule has 2 aliphatic heterocycles. The van der Waals surface area contributed by atoms with Crippen molar-refractivity contribution in [2.75, 3.05) is 24.6 Å². The van der Waals surface area contributed by atoms with Crippen LogP contribution in [-0.2, 0) is 11.3 Å². The number of alkyl halides is 4. The average molecular weight is 468 g/mol. The Morgan fingerprint density at radius 3 is 2.44 bits per heavy atom. The molecule has 32 heavy (non-hydrogen) atoms. The zero-order valence-corrected chi connectivity index (χ0v) is 18.1. The standard InChI is InChI=1S/C23H25ClF3N3O2/c24-21-20(23(25,26)27)28-22(30(21)18-6-2-1-3-7-18)32-15-16-9-11-29(12-10-16)14-17-5-4-8-19(31)13-17/h1-8,13,16,20-21,31H,9-12,14-15H2. The van der Waals surface area contributed by atoms with Crippen LogP contribution in [0.4, 0.5) is 18.9 Å². The molecule has 2 aromatic carbocycles. The molecule has 2 atom stereocenters. The number of likely N-dealkylation sites (tertiary alicyclic amines) is 1. The predicted molar refractivity (Wildman–Crippen MR) is 118 cm³/mol. The van der Waals surface area contributed by atoms with E-state index in [2.05, 4.69) is 9.89 Å². The zero-order valence-electron chi connectivity index (χ0n) is 17.4. The van der Waals surface area contributed by atoms with Gasteiger partial charge in [-0.1, -0.05) is 41.9 Å². The van der Waals surface area contributed by atoms with Crippen LogP contribution in [0.15, 0.2) is 59.6 Å². The smallest absolute Gasteiger partial charge is 0.414 e. The minimum absolute atomic E-state index is 0.0827. The Morgan fingerprint density at radius 1 is 1.06 bits per heavy atom. The number of anilines is 1. The minimum atomic E-state index is -4.55. The van der Waals surface area contributed by atoms with Crippen molar-refractivity contribution < 1.29 is 23.0 Å². The molecule has 172 valence electrons. The van der Waals surface area contributed by atoms with Gasteiger partial charge in [0, 0.05) is 12.2 Å². The van der Waals surface area contributed by atoms with E-state index in [9.17, 15) is 18.3 Å². The lowest BCUT2D eigenvalue weighted by molar-refractivity contribution is -0.145. The molecule has 0 aliphatic carbocycles. The van der Waals surface area contributed by atoms with Gasteiger partial charge in [0.1, 0.15) is 11.3 Å². The third kappa shape index (κ3) is 5.30. The van der Waals surface area contributed by atoms with Crippen molar-refractivity contribution in [3.8, 4) is 5.75 Å². The van der Waals surface area contributed by atoms with Crippen LogP contribution in [0.2, 0.25) is 0 Å². The average Bonchev–Trinajstić information content (AvgIpc) is 3.10. The normalized spacial score (nSPS) is 22.8. The summed E-state index contributed by atoms with van der Waals surface area (Å²) in [5.41, 5.74) is 0.167. The fourth-order valence-corrected chi connectivity index (χ4v) is 4.48. The summed E-state index contributed by atoms with van der Waals surface area (Å²) in [4.78, 5) is 7.40. The summed E-state index contributed by atoms with van der Waals surface area (Å²) in [5, 5.41) is 9.62. The van der Waals surface area contributed by atoms with Crippen molar-refractivity contribution in [2.45, 2.75) is 37.1 Å². The maximum Gasteiger partial charge on any atom is 0.414 e. The summed E-state index contributed by atoms with van der Waals surface area (Å²) in [5.74, 6) is 0.468. The fourth-order valence-electron chi connectivity index (χ4n) is 4.08. The van der Waals surface area contributed by atoms with Crippen molar-refractivity contribution in [2.24, 2.45) is 10.9 Å². The Hall–Kier alpha value is -2.45. The molecule has 0 spiro atoms. The number of rotatable bonds is 5. The number of ether oxygens (including phenoxy) is 1. The van der Waals surface area contributed by atoms with E-state index in [1.807, 2.05) is 12.1 Å². The lowest BCUT2D eigenvalue weighted by atomic mass is 9.97. The van der Waals surface area contributed by atoms with E-state index < -0.39 is 17.7 Å². The molecule has 5 nitrogen and oxygen atoms in total. The number of para-hydroxylation sites is 1. The third-order valence-corrected chi connectivity index (χ3v) is 6.24. The van der Waals surface area contributed by atoms with Crippen molar-refractivity contribution in [3.05, 3.63) is 60.2 Å². The highest BCUT2D eigenvalue weighted by Gasteiger charge is 2.52. The number of hydrogen-bond donors (Lipinski definition) is 1. The Kier molecular flexibility index (Phi) is 6.81. The van der Waals surface area contributed by atoms with Crippen LogP contribution in [0.5, 0.6) is 5.75 Å². The first kappa shape index (κ1) is 22.7. The summed E-state index contributed by atoms with van der Waals surface area (Å²) in [6, 6.07) is 13.7. The quantitative estimate of drug-likeness (QED) is 0.497. The number of phenols is 1. The summed E-state index contributed by atoms with van der Waals surface area (Å²) < 4.78 is 46.1. The molecule has 0 saturated carbocycles. The second-order valence-electron chi connectivity index (χ2n) is 8.18. The monoisotopic (exact) mass is 467 g/mol. The number of aromatic hydroxyl groups is 1. The van der Waals surface area contributed by atoms with Crippen LogP contribution in [0.3, 0.4) is 0 Å². The van der Waals surface area contributed by atoms with Gasteiger partial charge in [0.15, 0.2) is 6.04 Å². The highest BCUT2D eigenvalue weighted by molar-refractivity contribution is 6.25. The molecule has 0 bridgehead atoms. The second-order valence-corrected chi connectivity index (χ2v) is 8.62. The highest BCUT2D eigenvalue weighted by Crippen LogP contribution is 2.37. The molecule has 4 rings (SSSR count). The Morgan fingerprint density at radius 2 is 1.78 bits per heavy atom. The maximum absolute atomic E-state index is 13.4. The van der Waals surface area contributed by atoms with Crippen LogP contribution in [0.25, 0.3) is 0 Å². The number of hydrogen-bond acceptors (Lipinski definition) is 5. The van der Waals surface area contributed by atoms with Crippen LogP contribution in [0.1, 0.15) is 18.4 Å². The fraction of sp³-hybridized carbons (Fsp3) is 0.435. The Labute approximate surface area is 190 Å². The van der Waals surface area contributed by atoms with Gasteiger partial charge in [0.2, 0.25) is 0 Å². The first-order valence-electron chi connectivity index (χ1n) is 10.6. The van der Waals surface area contributed by atoms with Crippen LogP contribution < -0.4 is 4.90 Å². The van der Waals surface area contributed by atoms with E-state index in [0.717, 1.165) is 38.0 Å². The van der Waals surface area contributed by atoms with Crippen LogP contribution >= 0.6 is 11.6 Å². The van der Waals surface area contributed by atoms with E-state index in [0.29, 0.717) is 5.69 Å². The maximum atomic E-state index is 13.4. The molecule has 1 saturated heterocycles. The molecular formula is C23H25ClF3N3O2. The van der Waals surface area contributed by atoms with E-state index in [1.165, 1.54) is 4.90 Å². The minimum Gasteiger partial charge on any atom is -0.508 e. The molecule has 1 fully saturated rings. The molecule has 2 unspecified atom stereocenters. The number of amidine groups is 1. The number of nitrogens with zero attached hydrogens (tertiary/aromatic N) is 3. The molecule has 0 aromatic heterocycles. The van der Waals surface area contributed by atoms with E-state index in [1.54, 1.807) is 42.5 Å². The van der Waals surface area contributed by atoms with E-state index in [4.69, 9.17) is 16.3 Å². The number of piperidine rings is 1. The molecule has 9 heteroatoms. The largest absolute Gasteiger partial charge is 0.508 e. The van der Waals surface area contributed by atoms with Gasteiger partial charge in [-0.3, -0.25) is 9.80 Å².